The van der Waals surface area contributed by atoms with E-state index in [1.165, 1.54) is 12.3 Å². The van der Waals surface area contributed by atoms with Crippen molar-refractivity contribution in [2.75, 3.05) is 0 Å². The maximum absolute atomic E-state index is 12.5. The fraction of sp³-hybridized carbons (Fsp3) is 0.182. The van der Waals surface area contributed by atoms with Crippen molar-refractivity contribution in [3.63, 3.8) is 0 Å². The molecule has 2 nitrogen and oxygen atoms in total. The molecule has 1 aliphatic carbocycles. The average Bonchev–Trinajstić information content (AvgIpc) is 2.15. The van der Waals surface area contributed by atoms with Crippen molar-refractivity contribution in [2.24, 2.45) is 0 Å². The number of aryl methyl sites for hydroxylation is 1. The van der Waals surface area contributed by atoms with E-state index in [1.807, 2.05) is 0 Å². The van der Waals surface area contributed by atoms with Gasteiger partial charge in [-0.1, -0.05) is 0 Å². The summed E-state index contributed by atoms with van der Waals surface area (Å²) in [6.45, 7) is 1.55. The van der Waals surface area contributed by atoms with Gasteiger partial charge in [-0.25, -0.2) is 0 Å². The lowest BCUT2D eigenvalue weighted by molar-refractivity contribution is -0.138. The zero-order chi connectivity index (χ0) is 11.9. The maximum atomic E-state index is 12.5. The van der Waals surface area contributed by atoms with Crippen molar-refractivity contribution in [1.82, 2.24) is 0 Å². The quantitative estimate of drug-likeness (QED) is 0.693. The number of fused-ring (bicyclic) bond motifs is 1. The second kappa shape index (κ2) is 3.37. The third kappa shape index (κ3) is 1.68. The molecule has 1 aliphatic heterocycles. The molecule has 2 rings (SSSR count). The van der Waals surface area contributed by atoms with Crippen LogP contribution in [0.5, 0.6) is 0 Å². The second-order valence-electron chi connectivity index (χ2n) is 3.41. The van der Waals surface area contributed by atoms with E-state index < -0.39 is 17.2 Å². The Morgan fingerprint density at radius 3 is 2.56 bits per heavy atom. The van der Waals surface area contributed by atoms with Gasteiger partial charge in [0.25, 0.3) is 0 Å². The summed E-state index contributed by atoms with van der Waals surface area (Å²) in [5, 5.41) is 0. The minimum atomic E-state index is -4.63. The molecule has 0 bridgehead atoms. The first kappa shape index (κ1) is 10.7. The summed E-state index contributed by atoms with van der Waals surface area (Å²) in [5.41, 5.74) is -1.44. The normalized spacial score (nSPS) is 12.0. The number of hydrogen-bond acceptors (Lipinski definition) is 2. The molecule has 0 aromatic heterocycles. The van der Waals surface area contributed by atoms with Crippen molar-refractivity contribution in [3.8, 4) is 11.1 Å². The standard InChI is InChI=1S/C11H7F3O2/c1-6-8-5-9(11(12,13)14)10(15)4-7(8)2-3-16-6/h2-5H,1H3. The van der Waals surface area contributed by atoms with Crippen LogP contribution in [0.4, 0.5) is 13.2 Å². The molecule has 0 unspecified atom stereocenters. The maximum Gasteiger partial charge on any atom is 0.420 e. The van der Waals surface area contributed by atoms with Crippen LogP contribution in [0.25, 0.3) is 11.1 Å². The zero-order valence-electron chi connectivity index (χ0n) is 8.26. The fourth-order valence-corrected chi connectivity index (χ4v) is 1.53. The summed E-state index contributed by atoms with van der Waals surface area (Å²) in [5.74, 6) is 0.350. The second-order valence-corrected chi connectivity index (χ2v) is 3.41. The molecule has 0 aromatic carbocycles. The van der Waals surface area contributed by atoms with E-state index in [4.69, 9.17) is 4.42 Å². The Hall–Kier alpha value is -1.78. The summed E-state index contributed by atoms with van der Waals surface area (Å²) < 4.78 is 42.4. The first-order chi connectivity index (χ1) is 7.39. The molecule has 84 valence electrons. The van der Waals surface area contributed by atoms with Gasteiger partial charge in [0.2, 0.25) is 0 Å². The van der Waals surface area contributed by atoms with Crippen molar-refractivity contribution in [3.05, 3.63) is 46.0 Å². The van der Waals surface area contributed by atoms with E-state index in [2.05, 4.69) is 0 Å². The highest BCUT2D eigenvalue weighted by molar-refractivity contribution is 5.67. The van der Waals surface area contributed by atoms with E-state index in [9.17, 15) is 18.0 Å². The number of halogens is 3. The summed E-state index contributed by atoms with van der Waals surface area (Å²) in [7, 11) is 0. The molecule has 0 saturated carbocycles. The minimum absolute atomic E-state index is 0.300. The summed E-state index contributed by atoms with van der Waals surface area (Å²) in [6.07, 6.45) is -3.29. The van der Waals surface area contributed by atoms with Crippen molar-refractivity contribution < 1.29 is 17.6 Å². The number of rotatable bonds is 0. The number of alkyl halides is 3. The largest absolute Gasteiger partial charge is 0.469 e. The molecule has 5 heteroatoms. The summed E-state index contributed by atoms with van der Waals surface area (Å²) in [6, 6.07) is 3.26. The van der Waals surface area contributed by atoms with E-state index in [0.29, 0.717) is 16.9 Å². The van der Waals surface area contributed by atoms with Crippen LogP contribution in [-0.2, 0) is 6.18 Å². The average molecular weight is 228 g/mol. The lowest BCUT2D eigenvalue weighted by atomic mass is 10.0. The van der Waals surface area contributed by atoms with Gasteiger partial charge in [-0.2, -0.15) is 13.2 Å². The smallest absolute Gasteiger partial charge is 0.420 e. The molecule has 0 saturated heterocycles. The van der Waals surface area contributed by atoms with Crippen LogP contribution in [0.15, 0.2) is 33.7 Å². The zero-order valence-corrected chi connectivity index (χ0v) is 8.26. The van der Waals surface area contributed by atoms with Crippen molar-refractivity contribution in [2.45, 2.75) is 13.1 Å². The van der Waals surface area contributed by atoms with E-state index in [0.717, 1.165) is 12.1 Å². The van der Waals surface area contributed by atoms with Crippen LogP contribution in [-0.4, -0.2) is 0 Å². The minimum Gasteiger partial charge on any atom is -0.469 e. The molecule has 16 heavy (non-hydrogen) atoms. The summed E-state index contributed by atoms with van der Waals surface area (Å²) in [4.78, 5) is 11.2. The molecule has 0 amide bonds. The first-order valence-corrected chi connectivity index (χ1v) is 4.49. The molecular formula is C11H7F3O2. The molecule has 0 spiro atoms. The van der Waals surface area contributed by atoms with Gasteiger partial charge in [0, 0.05) is 5.56 Å². The monoisotopic (exact) mass is 228 g/mol. The highest BCUT2D eigenvalue weighted by Gasteiger charge is 2.34. The van der Waals surface area contributed by atoms with Gasteiger partial charge >= 0.3 is 6.18 Å². The Labute approximate surface area is 88.7 Å². The van der Waals surface area contributed by atoms with Crippen molar-refractivity contribution >= 4 is 0 Å². The summed E-state index contributed by atoms with van der Waals surface area (Å²) >= 11 is 0. The highest BCUT2D eigenvalue weighted by Crippen LogP contribution is 2.32. The van der Waals surface area contributed by atoms with Gasteiger partial charge in [-0.3, -0.25) is 4.79 Å². The molecule has 0 fully saturated rings. The van der Waals surface area contributed by atoms with E-state index >= 15 is 0 Å². The van der Waals surface area contributed by atoms with Gasteiger partial charge in [0.15, 0.2) is 5.43 Å². The Morgan fingerprint density at radius 2 is 1.94 bits per heavy atom. The molecule has 0 atom stereocenters. The molecular weight excluding hydrogens is 221 g/mol. The van der Waals surface area contributed by atoms with Crippen LogP contribution >= 0.6 is 0 Å². The lowest BCUT2D eigenvalue weighted by Crippen LogP contribution is -2.19. The Morgan fingerprint density at radius 1 is 1.25 bits per heavy atom. The van der Waals surface area contributed by atoms with Crippen LogP contribution in [0.2, 0.25) is 0 Å². The van der Waals surface area contributed by atoms with Gasteiger partial charge in [-0.15, -0.1) is 0 Å². The molecule has 2 aliphatic rings. The van der Waals surface area contributed by atoms with Gasteiger partial charge in [0.1, 0.15) is 11.3 Å². The molecule has 1 heterocycles. The SMILES string of the molecule is Cc1occc2cc(=O)c(C(F)(F)F)cc1-2. The molecule has 0 radical (unpaired) electrons. The van der Waals surface area contributed by atoms with Crippen LogP contribution in [0.1, 0.15) is 11.3 Å². The van der Waals surface area contributed by atoms with E-state index in [-0.39, 0.29) is 0 Å². The Kier molecular flexibility index (Phi) is 2.26. The number of benzene rings is 1. The Balaban J connectivity index is 2.81. The first-order valence-electron chi connectivity index (χ1n) is 4.49. The predicted octanol–water partition coefficient (Wildman–Crippen LogP) is 3.07. The van der Waals surface area contributed by atoms with Gasteiger partial charge in [0.05, 0.1) is 6.26 Å². The van der Waals surface area contributed by atoms with Crippen LogP contribution in [0.3, 0.4) is 0 Å². The van der Waals surface area contributed by atoms with Gasteiger partial charge in [-0.05, 0) is 30.7 Å². The van der Waals surface area contributed by atoms with Crippen LogP contribution < -0.4 is 5.43 Å². The molecule has 0 aromatic rings. The third-order valence-corrected chi connectivity index (χ3v) is 2.33. The topological polar surface area (TPSA) is 30.2 Å². The van der Waals surface area contributed by atoms with Crippen molar-refractivity contribution in [1.29, 1.82) is 0 Å². The lowest BCUT2D eigenvalue weighted by Gasteiger charge is -2.11. The highest BCUT2D eigenvalue weighted by atomic mass is 19.4. The van der Waals surface area contributed by atoms with E-state index in [1.54, 1.807) is 6.92 Å². The number of hydrogen-bond donors (Lipinski definition) is 0. The van der Waals surface area contributed by atoms with Gasteiger partial charge < -0.3 is 4.42 Å². The predicted molar refractivity (Wildman–Crippen MR) is 51.3 cm³/mol. The molecule has 0 N–H and O–H groups in total. The van der Waals surface area contributed by atoms with Crippen LogP contribution in [0, 0.1) is 6.92 Å². The fourth-order valence-electron chi connectivity index (χ4n) is 1.53. The Bertz CT molecular complexity index is 554. The third-order valence-electron chi connectivity index (χ3n) is 2.33.